The van der Waals surface area contributed by atoms with E-state index in [1.165, 1.54) is 0 Å². The third kappa shape index (κ3) is 6.26. The van der Waals surface area contributed by atoms with Crippen LogP contribution in [0, 0.1) is 0 Å². The van der Waals surface area contributed by atoms with E-state index in [0.717, 1.165) is 22.3 Å². The average Bonchev–Trinajstić information content (AvgIpc) is 3.27. The van der Waals surface area contributed by atoms with Gasteiger partial charge in [0.15, 0.2) is 0 Å². The van der Waals surface area contributed by atoms with Gasteiger partial charge in [0.05, 0.1) is 30.5 Å². The average molecular weight is 556 g/mol. The molecule has 0 spiro atoms. The number of benzene rings is 2. The minimum Gasteiger partial charge on any atom is -0.374 e. The summed E-state index contributed by atoms with van der Waals surface area (Å²) in [6.45, 7) is 6.59. The molecule has 2 unspecified atom stereocenters. The summed E-state index contributed by atoms with van der Waals surface area (Å²) >= 11 is 0. The second-order valence-electron chi connectivity index (χ2n) is 11.3. The molecule has 1 aliphatic carbocycles. The maximum atomic E-state index is 13.7. The lowest BCUT2D eigenvalue weighted by molar-refractivity contribution is -0.135. The van der Waals surface area contributed by atoms with Crippen LogP contribution >= 0.6 is 0 Å². The van der Waals surface area contributed by atoms with E-state index in [-0.39, 0.29) is 18.6 Å². The van der Waals surface area contributed by atoms with Crippen LogP contribution in [0.5, 0.6) is 0 Å². The molecule has 4 N–H and O–H groups in total. The zero-order valence-electron chi connectivity index (χ0n) is 23.7. The van der Waals surface area contributed by atoms with Gasteiger partial charge >= 0.3 is 0 Å². The van der Waals surface area contributed by atoms with Crippen molar-refractivity contribution in [3.8, 4) is 0 Å². The topological polar surface area (TPSA) is 117 Å². The van der Waals surface area contributed by atoms with Crippen LogP contribution in [-0.2, 0) is 25.7 Å². The van der Waals surface area contributed by atoms with Crippen LogP contribution in [0.1, 0.15) is 37.9 Å². The smallest absolute Gasteiger partial charge is 0.250 e. The number of hydrogen-bond donors (Lipinski definition) is 3. The largest absolute Gasteiger partial charge is 0.374 e. The quantitative estimate of drug-likeness (QED) is 0.367. The third-order valence-electron chi connectivity index (χ3n) is 7.53. The van der Waals surface area contributed by atoms with E-state index in [1.54, 1.807) is 13.8 Å². The molecule has 9 nitrogen and oxygen atoms in total. The van der Waals surface area contributed by atoms with Gasteiger partial charge in [-0.3, -0.25) is 14.4 Å². The van der Waals surface area contributed by atoms with Crippen LogP contribution in [0.15, 0.2) is 95.9 Å². The number of nitrogens with two attached hydrogens (primary N) is 1. The molecule has 0 radical (unpaired) electrons. The number of nitrogens with one attached hydrogen (secondary N) is 2. The van der Waals surface area contributed by atoms with Gasteiger partial charge in [0.2, 0.25) is 11.8 Å². The number of amides is 3. The molecule has 2 heterocycles. The van der Waals surface area contributed by atoms with Gasteiger partial charge in [-0.15, -0.1) is 0 Å². The molecular formula is C32H37N5O4. The number of nitrogens with zero attached hydrogens (tertiary/aromatic N) is 2. The number of rotatable bonds is 11. The Morgan fingerprint density at radius 2 is 1.66 bits per heavy atom. The highest BCUT2D eigenvalue weighted by Crippen LogP contribution is 2.49. The van der Waals surface area contributed by atoms with Gasteiger partial charge in [0.25, 0.3) is 5.91 Å². The van der Waals surface area contributed by atoms with Gasteiger partial charge in [-0.2, -0.15) is 0 Å². The first kappa shape index (κ1) is 28.3. The van der Waals surface area contributed by atoms with Crippen molar-refractivity contribution in [2.75, 3.05) is 19.7 Å². The number of fused-ring (bicyclic) bond motifs is 1. The fraction of sp³-hybridized carbons (Fsp3) is 0.344. The Kier molecular flexibility index (Phi) is 8.10. The number of hydrogen-bond acceptors (Lipinski definition) is 6. The van der Waals surface area contributed by atoms with Crippen LogP contribution in [0.4, 0.5) is 0 Å². The lowest BCUT2D eigenvalue weighted by Gasteiger charge is -2.32. The molecule has 2 aromatic rings. The van der Waals surface area contributed by atoms with Crippen molar-refractivity contribution in [3.63, 3.8) is 0 Å². The molecule has 0 saturated carbocycles. The first-order valence-electron chi connectivity index (χ1n) is 13.9. The van der Waals surface area contributed by atoms with Gasteiger partial charge in [0, 0.05) is 24.9 Å². The lowest BCUT2D eigenvalue weighted by atomic mass is 10.0. The summed E-state index contributed by atoms with van der Waals surface area (Å²) in [5.41, 5.74) is 9.37. The van der Waals surface area contributed by atoms with E-state index in [4.69, 9.17) is 10.5 Å². The number of carbonyl (C=O) groups excluding carboxylic acids is 3. The Balaban J connectivity index is 1.34. The molecule has 0 bridgehead atoms. The molecule has 0 aromatic heterocycles. The van der Waals surface area contributed by atoms with Gasteiger partial charge in [-0.1, -0.05) is 72.8 Å². The maximum Gasteiger partial charge on any atom is 0.250 e. The molecule has 2 aromatic carbocycles. The second kappa shape index (κ2) is 11.7. The second-order valence-corrected chi connectivity index (χ2v) is 11.3. The molecule has 0 fully saturated rings. The van der Waals surface area contributed by atoms with Crippen molar-refractivity contribution in [1.29, 1.82) is 0 Å². The SMILES string of the molecule is CC1=C2C(NC(=O)[C@@H](COCc3ccccc3)NC(=O)C(C)(C)N)=CN(C(C(=O)N3CC=CC3)c3ccccc3)C12. The molecule has 3 atom stereocenters. The van der Waals surface area contributed by atoms with Crippen LogP contribution in [0.2, 0.25) is 0 Å². The summed E-state index contributed by atoms with van der Waals surface area (Å²) in [4.78, 5) is 43.8. The Hall–Kier alpha value is -4.21. The minimum atomic E-state index is -1.17. The summed E-state index contributed by atoms with van der Waals surface area (Å²) < 4.78 is 5.83. The van der Waals surface area contributed by atoms with E-state index < -0.39 is 29.4 Å². The van der Waals surface area contributed by atoms with Crippen LogP contribution < -0.4 is 16.4 Å². The van der Waals surface area contributed by atoms with Crippen molar-refractivity contribution >= 4 is 17.7 Å². The molecule has 3 aliphatic rings. The van der Waals surface area contributed by atoms with Gasteiger partial charge in [-0.25, -0.2) is 0 Å². The van der Waals surface area contributed by atoms with E-state index in [9.17, 15) is 14.4 Å². The number of carbonyl (C=O) groups is 3. The molecule has 41 heavy (non-hydrogen) atoms. The summed E-state index contributed by atoms with van der Waals surface area (Å²) in [5.74, 6) is -0.869. The predicted octanol–water partition coefficient (Wildman–Crippen LogP) is 2.54. The predicted molar refractivity (Wildman–Crippen MR) is 156 cm³/mol. The van der Waals surface area contributed by atoms with Crippen LogP contribution in [-0.4, -0.2) is 64.8 Å². The minimum absolute atomic E-state index is 0.00806. The van der Waals surface area contributed by atoms with Gasteiger partial charge < -0.3 is 30.9 Å². The maximum absolute atomic E-state index is 13.7. The van der Waals surface area contributed by atoms with E-state index in [2.05, 4.69) is 10.6 Å². The summed E-state index contributed by atoms with van der Waals surface area (Å²) in [5, 5.41) is 5.75. The van der Waals surface area contributed by atoms with Crippen LogP contribution in [0.3, 0.4) is 0 Å². The van der Waals surface area contributed by atoms with Crippen molar-refractivity contribution in [1.82, 2.24) is 20.4 Å². The lowest BCUT2D eigenvalue weighted by Crippen LogP contribution is -2.57. The first-order valence-corrected chi connectivity index (χ1v) is 13.9. The Bertz CT molecular complexity index is 1390. The first-order chi connectivity index (χ1) is 19.6. The van der Waals surface area contributed by atoms with Crippen molar-refractivity contribution in [2.24, 2.45) is 5.73 Å². The zero-order valence-corrected chi connectivity index (χ0v) is 23.7. The van der Waals surface area contributed by atoms with E-state index in [0.29, 0.717) is 25.4 Å². The molecule has 2 aliphatic heterocycles. The Morgan fingerprint density at radius 1 is 1.02 bits per heavy atom. The normalized spacial score (nSPS) is 19.0. The molecule has 3 amide bonds. The fourth-order valence-electron chi connectivity index (χ4n) is 5.19. The summed E-state index contributed by atoms with van der Waals surface area (Å²) in [6, 6.07) is 17.7. The monoisotopic (exact) mass is 555 g/mol. The summed E-state index contributed by atoms with van der Waals surface area (Å²) in [6.07, 6.45) is 5.84. The molecule has 214 valence electrons. The standard InChI is InChI=1S/C32H37N5O4/c1-21-26-24(18-37(27(21)26)28(23-14-8-5-9-15-23)30(39)36-16-10-11-17-36)34-29(38)25(35-31(40)32(2,3)33)20-41-19-22-12-6-4-7-13-22/h4-15,18,25,27-28H,16-17,19-20,33H2,1-3H3,(H,34,38)(H,35,40)/t25-,27?,28?/m1/s1. The molecule has 5 rings (SSSR count). The van der Waals surface area contributed by atoms with E-state index >= 15 is 0 Å². The highest BCUT2D eigenvalue weighted by Gasteiger charge is 2.50. The van der Waals surface area contributed by atoms with Crippen molar-refractivity contribution < 1.29 is 19.1 Å². The number of ether oxygens (including phenoxy) is 1. The summed E-state index contributed by atoms with van der Waals surface area (Å²) in [7, 11) is 0. The fourth-order valence-corrected chi connectivity index (χ4v) is 5.19. The highest BCUT2D eigenvalue weighted by atomic mass is 16.5. The van der Waals surface area contributed by atoms with Gasteiger partial charge in [0.1, 0.15) is 12.1 Å². The molecular weight excluding hydrogens is 518 g/mol. The van der Waals surface area contributed by atoms with Crippen LogP contribution in [0.25, 0.3) is 0 Å². The zero-order chi connectivity index (χ0) is 29.1. The van der Waals surface area contributed by atoms with Crippen molar-refractivity contribution in [3.05, 3.63) is 107 Å². The molecule has 0 saturated heterocycles. The van der Waals surface area contributed by atoms with E-state index in [1.807, 2.05) is 95.7 Å². The third-order valence-corrected chi connectivity index (χ3v) is 7.53. The Labute approximate surface area is 240 Å². The van der Waals surface area contributed by atoms with Gasteiger partial charge in [-0.05, 0) is 37.5 Å². The molecule has 9 heteroatoms. The van der Waals surface area contributed by atoms with Crippen molar-refractivity contribution in [2.45, 2.75) is 51.0 Å². The highest BCUT2D eigenvalue weighted by molar-refractivity contribution is 5.93. The Morgan fingerprint density at radius 3 is 2.29 bits per heavy atom.